The van der Waals surface area contributed by atoms with E-state index in [1.165, 1.54) is 57.8 Å². The van der Waals surface area contributed by atoms with Gasteiger partial charge in [-0.1, -0.05) is 88.7 Å². The van der Waals surface area contributed by atoms with Crippen LogP contribution < -0.4 is 10.1 Å². The second-order valence-electron chi connectivity index (χ2n) is 12.2. The molecule has 0 atom stereocenters. The first-order chi connectivity index (χ1) is 20.7. The molecule has 0 fully saturated rings. The molecular formula is C34H53ClN2O6. The molecule has 0 bridgehead atoms. The summed E-state index contributed by atoms with van der Waals surface area (Å²) in [6.07, 6.45) is 19.4. The number of ether oxygens (including phenoxy) is 3. The number of benzene rings is 1. The molecule has 1 aromatic carbocycles. The molecule has 0 saturated heterocycles. The second kappa shape index (κ2) is 21.0. The Balaban J connectivity index is 1.48. The Morgan fingerprint density at radius 2 is 1.33 bits per heavy atom. The van der Waals surface area contributed by atoms with E-state index in [1.807, 2.05) is 45.2 Å². The average Bonchev–Trinajstić information content (AvgIpc) is 3.34. The summed E-state index contributed by atoms with van der Waals surface area (Å²) in [7, 11) is 0. The molecule has 1 amide bonds. The van der Waals surface area contributed by atoms with Gasteiger partial charge in [-0.15, -0.1) is 0 Å². The zero-order chi connectivity index (χ0) is 31.3. The predicted octanol–water partition coefficient (Wildman–Crippen LogP) is 9.12. The molecule has 0 spiro atoms. The number of unbranched alkanes of at least 4 members (excludes halogenated alkanes) is 13. The molecule has 0 radical (unpaired) electrons. The van der Waals surface area contributed by atoms with Crippen LogP contribution in [0.15, 0.2) is 24.4 Å². The predicted molar refractivity (Wildman–Crippen MR) is 173 cm³/mol. The van der Waals surface area contributed by atoms with Gasteiger partial charge in [0, 0.05) is 36.5 Å². The number of halogens is 1. The number of aromatic amines is 1. The minimum absolute atomic E-state index is 0.0496. The van der Waals surface area contributed by atoms with Crippen LogP contribution >= 0.6 is 11.6 Å². The van der Waals surface area contributed by atoms with Gasteiger partial charge in [-0.05, 0) is 63.8 Å². The minimum Gasteiger partial charge on any atom is -0.449 e. The fraction of sp³-hybridized carbons (Fsp3) is 0.676. The number of amides is 1. The van der Waals surface area contributed by atoms with E-state index in [0.717, 1.165) is 48.6 Å². The number of rotatable bonds is 22. The Hall–Kier alpha value is -2.74. The van der Waals surface area contributed by atoms with Crippen molar-refractivity contribution in [3.63, 3.8) is 0 Å². The summed E-state index contributed by atoms with van der Waals surface area (Å²) >= 11 is 5.37. The van der Waals surface area contributed by atoms with Crippen molar-refractivity contribution in [2.45, 2.75) is 136 Å². The van der Waals surface area contributed by atoms with Crippen LogP contribution in [0.25, 0.3) is 10.9 Å². The summed E-state index contributed by atoms with van der Waals surface area (Å²) in [4.78, 5) is 38.8. The quantitative estimate of drug-likeness (QED) is 0.0588. The van der Waals surface area contributed by atoms with Crippen molar-refractivity contribution in [1.82, 2.24) is 10.3 Å². The first kappa shape index (κ1) is 36.5. The number of hydrogen-bond donors (Lipinski definition) is 2. The fourth-order valence-corrected chi connectivity index (χ4v) is 5.14. The lowest BCUT2D eigenvalue weighted by atomic mass is 10.0. The smallest absolute Gasteiger partial charge is 0.407 e. The van der Waals surface area contributed by atoms with Gasteiger partial charge in [0.2, 0.25) is 0 Å². The molecule has 0 saturated carbocycles. The lowest BCUT2D eigenvalue weighted by Crippen LogP contribution is -2.33. The number of aromatic nitrogens is 1. The van der Waals surface area contributed by atoms with Gasteiger partial charge >= 0.3 is 18.0 Å². The van der Waals surface area contributed by atoms with Crippen molar-refractivity contribution >= 4 is 40.5 Å². The van der Waals surface area contributed by atoms with E-state index in [9.17, 15) is 14.4 Å². The lowest BCUT2D eigenvalue weighted by molar-refractivity contribution is -0.141. The summed E-state index contributed by atoms with van der Waals surface area (Å²) in [5.41, 5.74) is 1.47. The largest absolute Gasteiger partial charge is 0.449 e. The van der Waals surface area contributed by atoms with E-state index >= 15 is 0 Å². The highest BCUT2D eigenvalue weighted by Gasteiger charge is 2.16. The molecule has 0 aliphatic heterocycles. The Morgan fingerprint density at radius 1 is 0.791 bits per heavy atom. The van der Waals surface area contributed by atoms with Crippen molar-refractivity contribution in [3.8, 4) is 5.75 Å². The summed E-state index contributed by atoms with van der Waals surface area (Å²) in [6, 6.07) is 5.56. The van der Waals surface area contributed by atoms with Crippen LogP contribution in [-0.2, 0) is 25.5 Å². The summed E-state index contributed by atoms with van der Waals surface area (Å²) in [6.45, 7) is 5.95. The van der Waals surface area contributed by atoms with Gasteiger partial charge in [-0.25, -0.2) is 4.79 Å². The average molecular weight is 621 g/mol. The van der Waals surface area contributed by atoms with Crippen molar-refractivity contribution in [2.24, 2.45) is 0 Å². The number of hydrogen-bond acceptors (Lipinski definition) is 6. The van der Waals surface area contributed by atoms with Crippen LogP contribution in [0.1, 0.15) is 129 Å². The number of carbonyl (C=O) groups is 3. The molecular weight excluding hydrogens is 568 g/mol. The normalized spacial score (nSPS) is 11.4. The van der Waals surface area contributed by atoms with Crippen LogP contribution in [0.3, 0.4) is 0 Å². The highest BCUT2D eigenvalue weighted by Crippen LogP contribution is 2.25. The SMILES string of the molecule is CC(C)(C)OC(=O)NCCc1c[nH]c2ccc(OC(=O)CCCCCCCCCCCCCCCCC(=O)OCCl)cc12. The number of esters is 2. The monoisotopic (exact) mass is 620 g/mol. The number of fused-ring (bicyclic) bond motifs is 1. The van der Waals surface area contributed by atoms with E-state index in [1.54, 1.807) is 0 Å². The Bertz CT molecular complexity index is 1090. The van der Waals surface area contributed by atoms with Gasteiger partial charge in [0.05, 0.1) is 0 Å². The van der Waals surface area contributed by atoms with Gasteiger partial charge in [0.1, 0.15) is 11.4 Å². The maximum Gasteiger partial charge on any atom is 0.407 e. The van der Waals surface area contributed by atoms with Crippen LogP contribution in [0.4, 0.5) is 4.79 Å². The van der Waals surface area contributed by atoms with Crippen molar-refractivity contribution in [2.75, 3.05) is 12.6 Å². The minimum atomic E-state index is -0.529. The molecule has 9 heteroatoms. The van der Waals surface area contributed by atoms with Crippen LogP contribution in [0.5, 0.6) is 5.75 Å². The molecule has 2 N–H and O–H groups in total. The molecule has 2 rings (SSSR count). The number of alkyl carbamates (subject to hydrolysis) is 1. The number of H-pyrrole nitrogens is 1. The molecule has 1 heterocycles. The van der Waals surface area contributed by atoms with Gasteiger partial charge in [0.15, 0.2) is 6.07 Å². The Kier molecular flexibility index (Phi) is 17.8. The summed E-state index contributed by atoms with van der Waals surface area (Å²) < 4.78 is 15.6. The van der Waals surface area contributed by atoms with Crippen LogP contribution in [0.2, 0.25) is 0 Å². The zero-order valence-corrected chi connectivity index (χ0v) is 27.3. The molecule has 242 valence electrons. The number of alkyl halides is 1. The molecule has 2 aromatic rings. The third-order valence-corrected chi connectivity index (χ3v) is 7.37. The van der Waals surface area contributed by atoms with E-state index in [2.05, 4.69) is 10.3 Å². The molecule has 0 unspecified atom stereocenters. The highest BCUT2D eigenvalue weighted by atomic mass is 35.5. The summed E-state index contributed by atoms with van der Waals surface area (Å²) in [5, 5.41) is 3.76. The van der Waals surface area contributed by atoms with Crippen molar-refractivity contribution < 1.29 is 28.6 Å². The maximum atomic E-state index is 12.4. The van der Waals surface area contributed by atoms with Gasteiger partial charge in [-0.2, -0.15) is 0 Å². The maximum absolute atomic E-state index is 12.4. The third-order valence-electron chi connectivity index (χ3n) is 7.26. The third kappa shape index (κ3) is 17.2. The fourth-order valence-electron chi connectivity index (χ4n) is 5.02. The first-order valence-electron chi connectivity index (χ1n) is 16.2. The Labute approximate surface area is 262 Å². The lowest BCUT2D eigenvalue weighted by Gasteiger charge is -2.19. The van der Waals surface area contributed by atoms with Gasteiger partial charge in [0.25, 0.3) is 0 Å². The van der Waals surface area contributed by atoms with Gasteiger partial charge in [-0.3, -0.25) is 9.59 Å². The first-order valence-corrected chi connectivity index (χ1v) is 16.7. The van der Waals surface area contributed by atoms with E-state index in [4.69, 9.17) is 25.8 Å². The number of nitrogens with one attached hydrogen (secondary N) is 2. The highest BCUT2D eigenvalue weighted by molar-refractivity contribution is 6.17. The van der Waals surface area contributed by atoms with E-state index in [0.29, 0.717) is 31.6 Å². The number of carbonyl (C=O) groups excluding carboxylic acids is 3. The van der Waals surface area contributed by atoms with Crippen molar-refractivity contribution in [1.29, 1.82) is 0 Å². The van der Waals surface area contributed by atoms with Gasteiger partial charge < -0.3 is 24.5 Å². The van der Waals surface area contributed by atoms with Crippen LogP contribution in [0, 0.1) is 0 Å². The molecule has 8 nitrogen and oxygen atoms in total. The molecule has 0 aliphatic carbocycles. The molecule has 43 heavy (non-hydrogen) atoms. The summed E-state index contributed by atoms with van der Waals surface area (Å²) in [5.74, 6) is 0.151. The van der Waals surface area contributed by atoms with E-state index < -0.39 is 11.7 Å². The standard InChI is InChI=1S/C34H53ClN2O6/c1-34(2,3)43-33(40)36-23-22-27-25-37-30-21-20-28(24-29(27)30)42-32(39)19-17-15-13-11-9-7-5-4-6-8-10-12-14-16-18-31(38)41-26-35/h20-21,24-25,37H,4-19,22-23,26H2,1-3H3,(H,36,40). The Morgan fingerprint density at radius 3 is 1.86 bits per heavy atom. The molecule has 1 aromatic heterocycles. The molecule has 0 aliphatic rings. The zero-order valence-electron chi connectivity index (χ0n) is 26.6. The van der Waals surface area contributed by atoms with Crippen LogP contribution in [-0.4, -0.2) is 41.2 Å². The topological polar surface area (TPSA) is 107 Å². The second-order valence-corrected chi connectivity index (χ2v) is 12.5. The van der Waals surface area contributed by atoms with E-state index in [-0.39, 0.29) is 18.0 Å². The van der Waals surface area contributed by atoms with Crippen molar-refractivity contribution in [3.05, 3.63) is 30.0 Å².